The molecule has 0 saturated heterocycles. The molecule has 0 spiro atoms. The zero-order chi connectivity index (χ0) is 22.5. The van der Waals surface area contributed by atoms with E-state index in [9.17, 15) is 14.9 Å². The van der Waals surface area contributed by atoms with E-state index >= 15 is 0 Å². The number of ether oxygens (including phenoxy) is 1. The van der Waals surface area contributed by atoms with Crippen molar-refractivity contribution in [3.8, 4) is 17.5 Å². The number of nitrogens with one attached hydrogen (secondary N) is 1. The number of amides is 1. The maximum atomic E-state index is 12.6. The predicted molar refractivity (Wildman–Crippen MR) is 117 cm³/mol. The number of benzene rings is 2. The molecule has 156 valence electrons. The van der Waals surface area contributed by atoms with E-state index in [1.165, 1.54) is 12.1 Å². The molecule has 0 unspecified atom stereocenters. The number of rotatable bonds is 6. The minimum absolute atomic E-state index is 0.0303. The Kier molecular flexibility index (Phi) is 6.22. The van der Waals surface area contributed by atoms with Crippen molar-refractivity contribution in [2.24, 2.45) is 0 Å². The average molecular weight is 415 g/mol. The van der Waals surface area contributed by atoms with Crippen LogP contribution in [0.4, 0.5) is 5.69 Å². The highest BCUT2D eigenvalue weighted by atomic mass is 16.5. The largest absolute Gasteiger partial charge is 0.497 e. The second-order valence-electron chi connectivity index (χ2n) is 6.87. The zero-order valence-electron chi connectivity index (χ0n) is 17.3. The summed E-state index contributed by atoms with van der Waals surface area (Å²) in [6.07, 6.45) is 1.54. The van der Waals surface area contributed by atoms with Gasteiger partial charge in [0.15, 0.2) is 0 Å². The van der Waals surface area contributed by atoms with Crippen LogP contribution in [0, 0.1) is 25.2 Å². The highest BCUT2D eigenvalue weighted by Crippen LogP contribution is 2.24. The molecule has 0 aliphatic carbocycles. The van der Waals surface area contributed by atoms with E-state index in [1.54, 1.807) is 49.6 Å². The van der Waals surface area contributed by atoms with Crippen LogP contribution in [0.5, 0.6) is 5.75 Å². The maximum absolute atomic E-state index is 12.6. The van der Waals surface area contributed by atoms with Gasteiger partial charge >= 0.3 is 5.97 Å². The topological polar surface area (TPSA) is 104 Å². The van der Waals surface area contributed by atoms with Crippen LogP contribution in [0.15, 0.2) is 60.2 Å². The first-order valence-electron chi connectivity index (χ1n) is 9.44. The van der Waals surface area contributed by atoms with Gasteiger partial charge in [-0.05, 0) is 80.1 Å². The number of hydrogen-bond donors (Lipinski definition) is 2. The molecule has 3 rings (SSSR count). The number of nitriles is 1. The second kappa shape index (κ2) is 9.01. The highest BCUT2D eigenvalue weighted by Gasteiger charge is 2.14. The molecule has 0 aliphatic rings. The first kappa shape index (κ1) is 21.4. The molecule has 3 aromatic rings. The minimum Gasteiger partial charge on any atom is -0.497 e. The Balaban J connectivity index is 1.88. The van der Waals surface area contributed by atoms with Crippen LogP contribution < -0.4 is 10.1 Å². The van der Waals surface area contributed by atoms with Gasteiger partial charge in [-0.3, -0.25) is 4.79 Å². The molecule has 7 nitrogen and oxygen atoms in total. The van der Waals surface area contributed by atoms with Gasteiger partial charge in [-0.1, -0.05) is 0 Å². The summed E-state index contributed by atoms with van der Waals surface area (Å²) in [6.45, 7) is 3.78. The van der Waals surface area contributed by atoms with Gasteiger partial charge in [0.25, 0.3) is 5.91 Å². The summed E-state index contributed by atoms with van der Waals surface area (Å²) in [7, 11) is 1.56. The fourth-order valence-corrected chi connectivity index (χ4v) is 3.26. The van der Waals surface area contributed by atoms with Crippen LogP contribution >= 0.6 is 0 Å². The van der Waals surface area contributed by atoms with E-state index in [-0.39, 0.29) is 11.1 Å². The monoisotopic (exact) mass is 415 g/mol. The van der Waals surface area contributed by atoms with Crippen molar-refractivity contribution in [1.29, 1.82) is 5.26 Å². The molecule has 7 heteroatoms. The molecule has 0 atom stereocenters. The summed E-state index contributed by atoms with van der Waals surface area (Å²) < 4.78 is 7.03. The molecule has 0 bridgehead atoms. The van der Waals surface area contributed by atoms with Crippen LogP contribution in [0.3, 0.4) is 0 Å². The second-order valence-corrected chi connectivity index (χ2v) is 6.87. The Morgan fingerprint density at radius 2 is 1.74 bits per heavy atom. The van der Waals surface area contributed by atoms with Crippen molar-refractivity contribution in [3.63, 3.8) is 0 Å². The first-order chi connectivity index (χ1) is 14.8. The van der Waals surface area contributed by atoms with E-state index in [0.717, 1.165) is 22.6 Å². The molecule has 0 fully saturated rings. The third kappa shape index (κ3) is 4.65. The molecule has 2 aromatic carbocycles. The predicted octanol–water partition coefficient (Wildman–Crippen LogP) is 4.35. The lowest BCUT2D eigenvalue weighted by Crippen LogP contribution is -2.13. The van der Waals surface area contributed by atoms with Crippen molar-refractivity contribution in [2.75, 3.05) is 12.4 Å². The van der Waals surface area contributed by atoms with Gasteiger partial charge in [0, 0.05) is 22.8 Å². The Morgan fingerprint density at radius 3 is 2.29 bits per heavy atom. The third-order valence-corrected chi connectivity index (χ3v) is 4.86. The number of carbonyl (C=O) groups excluding carboxylic acids is 1. The van der Waals surface area contributed by atoms with E-state index in [1.807, 2.05) is 30.6 Å². The SMILES string of the molecule is COc1ccc(NC(=O)/C(C#N)=C/c2cc(C)n(-c3ccc(C(=O)O)cc3)c2C)cc1. The number of carbonyl (C=O) groups is 2. The van der Waals surface area contributed by atoms with Crippen molar-refractivity contribution >= 4 is 23.6 Å². The smallest absolute Gasteiger partial charge is 0.335 e. The van der Waals surface area contributed by atoms with Crippen LogP contribution in [0.1, 0.15) is 27.3 Å². The number of anilines is 1. The summed E-state index contributed by atoms with van der Waals surface area (Å²) in [5.74, 6) is -0.834. The van der Waals surface area contributed by atoms with Gasteiger partial charge in [0.2, 0.25) is 0 Å². The van der Waals surface area contributed by atoms with Crippen molar-refractivity contribution in [1.82, 2.24) is 4.57 Å². The summed E-state index contributed by atoms with van der Waals surface area (Å²) in [4.78, 5) is 23.7. The van der Waals surface area contributed by atoms with E-state index in [0.29, 0.717) is 11.4 Å². The summed E-state index contributed by atoms with van der Waals surface area (Å²) in [5, 5.41) is 21.3. The normalized spacial score (nSPS) is 11.0. The quantitative estimate of drug-likeness (QED) is 0.460. The number of carboxylic acid groups (broad SMARTS) is 1. The highest BCUT2D eigenvalue weighted by molar-refractivity contribution is 6.09. The lowest BCUT2D eigenvalue weighted by molar-refractivity contribution is -0.112. The molecule has 1 amide bonds. The Morgan fingerprint density at radius 1 is 1.10 bits per heavy atom. The van der Waals surface area contributed by atoms with Crippen LogP contribution in [-0.2, 0) is 4.79 Å². The molecule has 0 aliphatic heterocycles. The average Bonchev–Trinajstić information content (AvgIpc) is 3.05. The summed E-state index contributed by atoms with van der Waals surface area (Å²) in [6, 6.07) is 17.2. The van der Waals surface area contributed by atoms with Crippen molar-refractivity contribution < 1.29 is 19.4 Å². The number of aromatic nitrogens is 1. The minimum atomic E-state index is -0.988. The van der Waals surface area contributed by atoms with Crippen molar-refractivity contribution in [3.05, 3.63) is 82.7 Å². The van der Waals surface area contributed by atoms with Gasteiger partial charge in [0.05, 0.1) is 12.7 Å². The molecular weight excluding hydrogens is 394 g/mol. The van der Waals surface area contributed by atoms with Gasteiger partial charge in [-0.15, -0.1) is 0 Å². The van der Waals surface area contributed by atoms with Gasteiger partial charge in [0.1, 0.15) is 17.4 Å². The third-order valence-electron chi connectivity index (χ3n) is 4.86. The van der Waals surface area contributed by atoms with Gasteiger partial charge in [-0.25, -0.2) is 4.79 Å². The van der Waals surface area contributed by atoms with Crippen LogP contribution in [0.25, 0.3) is 11.8 Å². The molecule has 1 aromatic heterocycles. The maximum Gasteiger partial charge on any atom is 0.335 e. The van der Waals surface area contributed by atoms with E-state index < -0.39 is 11.9 Å². The summed E-state index contributed by atoms with van der Waals surface area (Å²) >= 11 is 0. The van der Waals surface area contributed by atoms with E-state index in [2.05, 4.69) is 5.32 Å². The Labute approximate surface area is 179 Å². The Bertz CT molecular complexity index is 1200. The fourth-order valence-electron chi connectivity index (χ4n) is 3.26. The standard InChI is InChI=1S/C24H21N3O4/c1-15-12-18(16(2)27(15)21-8-4-17(5-9-21)24(29)30)13-19(14-25)23(28)26-20-6-10-22(31-3)11-7-20/h4-13H,1-3H3,(H,26,28)(H,29,30)/b19-13+. The number of carboxylic acids is 1. The number of aryl methyl sites for hydroxylation is 1. The number of hydrogen-bond acceptors (Lipinski definition) is 4. The zero-order valence-corrected chi connectivity index (χ0v) is 17.3. The molecule has 31 heavy (non-hydrogen) atoms. The van der Waals surface area contributed by atoms with Crippen molar-refractivity contribution in [2.45, 2.75) is 13.8 Å². The number of methoxy groups -OCH3 is 1. The molecular formula is C24H21N3O4. The van der Waals surface area contributed by atoms with Crippen LogP contribution in [-0.4, -0.2) is 28.7 Å². The lowest BCUT2D eigenvalue weighted by Gasteiger charge is -2.10. The molecule has 0 radical (unpaired) electrons. The number of nitrogens with zero attached hydrogens (tertiary/aromatic N) is 2. The lowest BCUT2D eigenvalue weighted by atomic mass is 10.1. The van der Waals surface area contributed by atoms with E-state index in [4.69, 9.17) is 9.84 Å². The van der Waals surface area contributed by atoms with Gasteiger partial charge in [-0.2, -0.15) is 5.26 Å². The Hall–Kier alpha value is -4.31. The van der Waals surface area contributed by atoms with Gasteiger partial charge < -0.3 is 19.7 Å². The number of aromatic carboxylic acids is 1. The molecule has 2 N–H and O–H groups in total. The summed E-state index contributed by atoms with van der Waals surface area (Å²) in [5.41, 5.74) is 3.95. The van der Waals surface area contributed by atoms with Crippen LogP contribution in [0.2, 0.25) is 0 Å². The first-order valence-corrected chi connectivity index (χ1v) is 9.44. The fraction of sp³-hybridized carbons (Fsp3) is 0.125. The molecule has 1 heterocycles. The molecule has 0 saturated carbocycles.